The maximum absolute atomic E-state index is 12.1. The normalized spacial score (nSPS) is 18.7. The molecule has 1 heterocycles. The summed E-state index contributed by atoms with van der Waals surface area (Å²) in [4.78, 5) is 14.6. The summed E-state index contributed by atoms with van der Waals surface area (Å²) < 4.78 is 22.3. The lowest BCUT2D eigenvalue weighted by Crippen LogP contribution is -2.39. The van der Waals surface area contributed by atoms with Crippen LogP contribution < -0.4 is 5.32 Å². The minimum Gasteiger partial charge on any atom is -0.356 e. The van der Waals surface area contributed by atoms with Crippen molar-refractivity contribution in [1.29, 1.82) is 0 Å². The molecule has 1 unspecified atom stereocenters. The number of hydrogen-bond acceptors (Lipinski definition) is 3. The van der Waals surface area contributed by atoms with E-state index in [0.29, 0.717) is 5.92 Å². The maximum Gasteiger partial charge on any atom is 0.267 e. The van der Waals surface area contributed by atoms with Crippen molar-refractivity contribution in [2.24, 2.45) is 5.92 Å². The first-order valence-corrected chi connectivity index (χ1v) is 9.13. The molecule has 0 aliphatic heterocycles. The summed E-state index contributed by atoms with van der Waals surface area (Å²) in [5, 5.41) is 2.92. The molecule has 1 aromatic rings. The number of aromatic nitrogens is 1. The van der Waals surface area contributed by atoms with Crippen LogP contribution in [0.25, 0.3) is 0 Å². The smallest absolute Gasteiger partial charge is 0.267 e. The van der Waals surface area contributed by atoms with Gasteiger partial charge in [-0.15, -0.1) is 0 Å². The molecule has 5 nitrogen and oxygen atoms in total. The lowest BCUT2D eigenvalue weighted by atomic mass is 9.84. The molecule has 1 aliphatic carbocycles. The molecule has 0 saturated heterocycles. The molecular weight excluding hydrogens is 300 g/mol. The van der Waals surface area contributed by atoms with Crippen LogP contribution in [0.1, 0.15) is 49.5 Å². The first-order valence-electron chi connectivity index (χ1n) is 6.82. The summed E-state index contributed by atoms with van der Waals surface area (Å²) in [7, 11) is 1.42. The molecule has 1 aromatic heterocycles. The van der Waals surface area contributed by atoms with Crippen molar-refractivity contribution in [3.8, 4) is 0 Å². The van der Waals surface area contributed by atoms with E-state index in [9.17, 15) is 13.2 Å². The number of halogens is 1. The molecule has 1 saturated carbocycles. The standard InChI is InChI=1S/C13H19ClN2O3S/c1-9(10-5-3-2-4-6-10)16-13(17)12-7-11(8-15-12)20(14,18)19/h7-10,15H,2-6H2,1H3,(H,16,17). The van der Waals surface area contributed by atoms with Crippen molar-refractivity contribution in [3.05, 3.63) is 18.0 Å². The molecule has 7 heteroatoms. The SMILES string of the molecule is CC(NC(=O)c1cc(S(=O)(=O)Cl)c[nH]1)C1CCCCC1. The van der Waals surface area contributed by atoms with Gasteiger partial charge in [-0.05, 0) is 31.7 Å². The molecule has 1 atom stereocenters. The van der Waals surface area contributed by atoms with Gasteiger partial charge in [0.1, 0.15) is 10.6 Å². The van der Waals surface area contributed by atoms with E-state index in [-0.39, 0.29) is 22.5 Å². The number of hydrogen-bond donors (Lipinski definition) is 2. The van der Waals surface area contributed by atoms with E-state index < -0.39 is 9.05 Å². The van der Waals surface area contributed by atoms with Gasteiger partial charge in [0, 0.05) is 22.9 Å². The van der Waals surface area contributed by atoms with Gasteiger partial charge in [0.25, 0.3) is 15.0 Å². The summed E-state index contributed by atoms with van der Waals surface area (Å²) in [6.45, 7) is 2.00. The molecule has 2 N–H and O–H groups in total. The van der Waals surface area contributed by atoms with Gasteiger partial charge in [0.2, 0.25) is 0 Å². The first kappa shape index (κ1) is 15.4. The molecule has 2 rings (SSSR count). The number of amides is 1. The third kappa shape index (κ3) is 3.76. The fourth-order valence-corrected chi connectivity index (χ4v) is 3.41. The van der Waals surface area contributed by atoms with Crippen molar-refractivity contribution in [2.75, 3.05) is 0 Å². The van der Waals surface area contributed by atoms with E-state index in [1.165, 1.54) is 31.5 Å². The molecule has 0 spiro atoms. The lowest BCUT2D eigenvalue weighted by molar-refractivity contribution is 0.0915. The van der Waals surface area contributed by atoms with Crippen LogP contribution >= 0.6 is 10.7 Å². The van der Waals surface area contributed by atoms with Crippen molar-refractivity contribution in [3.63, 3.8) is 0 Å². The molecule has 1 fully saturated rings. The van der Waals surface area contributed by atoms with Crippen LogP contribution in [0, 0.1) is 5.92 Å². The zero-order chi connectivity index (χ0) is 14.8. The number of carbonyl (C=O) groups excluding carboxylic acids is 1. The number of nitrogens with one attached hydrogen (secondary N) is 2. The van der Waals surface area contributed by atoms with Gasteiger partial charge in [-0.3, -0.25) is 4.79 Å². The molecule has 112 valence electrons. The average Bonchev–Trinajstić information content (AvgIpc) is 2.89. The second-order valence-corrected chi connectivity index (χ2v) is 7.91. The van der Waals surface area contributed by atoms with Crippen LogP contribution in [-0.4, -0.2) is 25.4 Å². The highest BCUT2D eigenvalue weighted by Gasteiger charge is 2.23. The monoisotopic (exact) mass is 318 g/mol. The topological polar surface area (TPSA) is 79.0 Å². The van der Waals surface area contributed by atoms with Gasteiger partial charge in [-0.2, -0.15) is 0 Å². The Hall–Kier alpha value is -1.01. The highest BCUT2D eigenvalue weighted by Crippen LogP contribution is 2.26. The minimum atomic E-state index is -3.80. The molecule has 0 aromatic carbocycles. The van der Waals surface area contributed by atoms with E-state index >= 15 is 0 Å². The van der Waals surface area contributed by atoms with Gasteiger partial charge in [0.05, 0.1) is 0 Å². The van der Waals surface area contributed by atoms with Crippen molar-refractivity contribution in [2.45, 2.75) is 50.0 Å². The molecule has 0 bridgehead atoms. The fraction of sp³-hybridized carbons (Fsp3) is 0.615. The Labute approximate surface area is 123 Å². The Bertz CT molecular complexity index is 576. The first-order chi connectivity index (χ1) is 9.38. The van der Waals surface area contributed by atoms with Crippen LogP contribution in [0.4, 0.5) is 0 Å². The van der Waals surface area contributed by atoms with Crippen LogP contribution in [-0.2, 0) is 9.05 Å². The predicted molar refractivity (Wildman–Crippen MR) is 77.3 cm³/mol. The van der Waals surface area contributed by atoms with Crippen molar-refractivity contribution in [1.82, 2.24) is 10.3 Å². The third-order valence-corrected chi connectivity index (χ3v) is 5.23. The number of carbonyl (C=O) groups is 1. The van der Waals surface area contributed by atoms with E-state index in [0.717, 1.165) is 12.8 Å². The minimum absolute atomic E-state index is 0.0853. The Balaban J connectivity index is 1.99. The van der Waals surface area contributed by atoms with Crippen molar-refractivity contribution >= 4 is 25.6 Å². The summed E-state index contributed by atoms with van der Waals surface area (Å²) in [6.07, 6.45) is 7.18. The number of rotatable bonds is 4. The number of aromatic amines is 1. The average molecular weight is 319 g/mol. The van der Waals surface area contributed by atoms with Crippen molar-refractivity contribution < 1.29 is 13.2 Å². The Morgan fingerprint density at radius 3 is 2.60 bits per heavy atom. The van der Waals surface area contributed by atoms with Gasteiger partial charge in [-0.1, -0.05) is 19.3 Å². The largest absolute Gasteiger partial charge is 0.356 e. The molecular formula is C13H19ClN2O3S. The highest BCUT2D eigenvalue weighted by molar-refractivity contribution is 8.13. The zero-order valence-corrected chi connectivity index (χ0v) is 12.9. The lowest BCUT2D eigenvalue weighted by Gasteiger charge is -2.28. The fourth-order valence-electron chi connectivity index (χ4n) is 2.68. The van der Waals surface area contributed by atoms with Gasteiger partial charge in [0.15, 0.2) is 0 Å². The predicted octanol–water partition coefficient (Wildman–Crippen LogP) is 2.64. The van der Waals surface area contributed by atoms with Gasteiger partial charge >= 0.3 is 0 Å². The van der Waals surface area contributed by atoms with E-state index in [1.54, 1.807) is 0 Å². The van der Waals surface area contributed by atoms with Crippen LogP contribution in [0.5, 0.6) is 0 Å². The quantitative estimate of drug-likeness (QED) is 0.838. The van der Waals surface area contributed by atoms with Gasteiger partial charge in [-0.25, -0.2) is 8.42 Å². The van der Waals surface area contributed by atoms with E-state index in [4.69, 9.17) is 10.7 Å². The van der Waals surface area contributed by atoms with Gasteiger partial charge < -0.3 is 10.3 Å². The summed E-state index contributed by atoms with van der Waals surface area (Å²) in [5.74, 6) is 0.202. The highest BCUT2D eigenvalue weighted by atomic mass is 35.7. The maximum atomic E-state index is 12.1. The summed E-state index contributed by atoms with van der Waals surface area (Å²) in [5.41, 5.74) is 0.215. The molecule has 1 aliphatic rings. The molecule has 1 amide bonds. The Kier molecular flexibility index (Phi) is 4.75. The third-order valence-electron chi connectivity index (χ3n) is 3.90. The summed E-state index contributed by atoms with van der Waals surface area (Å²) in [6, 6.07) is 1.34. The molecule has 20 heavy (non-hydrogen) atoms. The number of H-pyrrole nitrogens is 1. The second-order valence-electron chi connectivity index (χ2n) is 5.35. The second kappa shape index (κ2) is 6.18. The Morgan fingerprint density at radius 1 is 1.40 bits per heavy atom. The summed E-state index contributed by atoms with van der Waals surface area (Å²) >= 11 is 0. The van der Waals surface area contributed by atoms with Crippen LogP contribution in [0.2, 0.25) is 0 Å². The van der Waals surface area contributed by atoms with E-state index in [1.807, 2.05) is 6.92 Å². The zero-order valence-electron chi connectivity index (χ0n) is 11.4. The van der Waals surface area contributed by atoms with E-state index in [2.05, 4.69) is 10.3 Å². The van der Waals surface area contributed by atoms with Crippen LogP contribution in [0.3, 0.4) is 0 Å². The Morgan fingerprint density at radius 2 is 2.05 bits per heavy atom. The van der Waals surface area contributed by atoms with Crippen LogP contribution in [0.15, 0.2) is 17.2 Å². The molecule has 0 radical (unpaired) electrons.